The summed E-state index contributed by atoms with van der Waals surface area (Å²) in [6, 6.07) is 10.0. The molecule has 1 fully saturated rings. The number of pyridine rings is 1. The lowest BCUT2D eigenvalue weighted by Crippen LogP contribution is -2.18. The van der Waals surface area contributed by atoms with Gasteiger partial charge in [0.1, 0.15) is 5.82 Å². The molecule has 1 aromatic carbocycles. The molecule has 7 heteroatoms. The van der Waals surface area contributed by atoms with Gasteiger partial charge in [0.25, 0.3) is 0 Å². The molecule has 0 unspecified atom stereocenters. The molecule has 1 saturated heterocycles. The summed E-state index contributed by atoms with van der Waals surface area (Å²) in [5, 5.41) is 0. The topological polar surface area (TPSA) is 86.1 Å². The van der Waals surface area contributed by atoms with Gasteiger partial charge in [0.15, 0.2) is 5.82 Å². The number of benzene rings is 1. The van der Waals surface area contributed by atoms with Crippen molar-refractivity contribution in [3.8, 4) is 22.5 Å². The van der Waals surface area contributed by atoms with Crippen LogP contribution < -0.4 is 5.73 Å². The highest BCUT2D eigenvalue weighted by molar-refractivity contribution is 5.78. The number of imidazole rings is 1. The molecule has 134 valence electrons. The molecule has 3 N–H and O–H groups in total. The number of nitrogens with one attached hydrogen (secondary N) is 1. The van der Waals surface area contributed by atoms with Gasteiger partial charge in [-0.1, -0.05) is 0 Å². The number of aromatic nitrogens is 3. The second kappa shape index (κ2) is 7.33. The first-order valence-corrected chi connectivity index (χ1v) is 8.49. The molecule has 0 saturated carbocycles. The maximum Gasteiger partial charge on any atom is 0.217 e. The Kier molecular flexibility index (Phi) is 4.75. The van der Waals surface area contributed by atoms with Gasteiger partial charge in [-0.25, -0.2) is 9.37 Å². The van der Waals surface area contributed by atoms with E-state index in [-0.39, 0.29) is 5.82 Å². The zero-order chi connectivity index (χ0) is 17.9. The first kappa shape index (κ1) is 16.8. The van der Waals surface area contributed by atoms with Crippen molar-refractivity contribution >= 4 is 0 Å². The summed E-state index contributed by atoms with van der Waals surface area (Å²) in [7, 11) is 0. The van der Waals surface area contributed by atoms with Gasteiger partial charge >= 0.3 is 0 Å². The molecule has 0 bridgehead atoms. The molecule has 0 amide bonds. The highest BCUT2D eigenvalue weighted by atomic mass is 19.1. The van der Waals surface area contributed by atoms with E-state index < -0.39 is 6.29 Å². The van der Waals surface area contributed by atoms with Crippen LogP contribution >= 0.6 is 0 Å². The Balaban J connectivity index is 1.81. The minimum atomic E-state index is -0.535. The Bertz CT molecular complexity index is 889. The van der Waals surface area contributed by atoms with Crippen molar-refractivity contribution in [1.82, 2.24) is 15.0 Å². The van der Waals surface area contributed by atoms with Crippen LogP contribution in [0, 0.1) is 5.82 Å². The van der Waals surface area contributed by atoms with Crippen LogP contribution in [-0.2, 0) is 16.0 Å². The van der Waals surface area contributed by atoms with Crippen LogP contribution in [0.2, 0.25) is 0 Å². The van der Waals surface area contributed by atoms with Crippen LogP contribution in [-0.4, -0.2) is 28.2 Å². The molecule has 0 atom stereocenters. The molecule has 1 aliphatic heterocycles. The highest BCUT2D eigenvalue weighted by Gasteiger charge is 2.23. The molecule has 2 aromatic heterocycles. The van der Waals surface area contributed by atoms with E-state index in [1.165, 1.54) is 12.1 Å². The molecule has 4 rings (SSSR count). The zero-order valence-corrected chi connectivity index (χ0v) is 14.1. The molecule has 0 spiro atoms. The van der Waals surface area contributed by atoms with Crippen molar-refractivity contribution in [3.63, 3.8) is 0 Å². The zero-order valence-electron chi connectivity index (χ0n) is 14.1. The van der Waals surface area contributed by atoms with Crippen molar-refractivity contribution in [2.75, 3.05) is 13.2 Å². The van der Waals surface area contributed by atoms with Gasteiger partial charge in [0.05, 0.1) is 30.3 Å². The van der Waals surface area contributed by atoms with Crippen LogP contribution in [0.4, 0.5) is 4.39 Å². The number of nitrogens with two attached hydrogens (primary N) is 1. The van der Waals surface area contributed by atoms with Gasteiger partial charge in [-0.3, -0.25) is 4.98 Å². The lowest BCUT2D eigenvalue weighted by Gasteiger charge is -2.21. The summed E-state index contributed by atoms with van der Waals surface area (Å²) in [5.41, 5.74) is 9.68. The molecule has 0 radical (unpaired) electrons. The summed E-state index contributed by atoms with van der Waals surface area (Å²) in [4.78, 5) is 12.2. The van der Waals surface area contributed by atoms with E-state index in [1.54, 1.807) is 18.3 Å². The van der Waals surface area contributed by atoms with Crippen molar-refractivity contribution in [2.45, 2.75) is 19.3 Å². The number of rotatable bonds is 4. The van der Waals surface area contributed by atoms with E-state index in [0.29, 0.717) is 31.3 Å². The first-order valence-electron chi connectivity index (χ1n) is 8.49. The maximum absolute atomic E-state index is 13.3. The quantitative estimate of drug-likeness (QED) is 0.751. The smallest absolute Gasteiger partial charge is 0.217 e. The molecule has 0 aliphatic carbocycles. The van der Waals surface area contributed by atoms with Crippen molar-refractivity contribution in [1.29, 1.82) is 0 Å². The predicted octanol–water partition coefficient (Wildman–Crippen LogP) is 3.17. The Labute approximate surface area is 150 Å². The molecule has 1 aliphatic rings. The Morgan fingerprint density at radius 1 is 1.12 bits per heavy atom. The second-order valence-corrected chi connectivity index (χ2v) is 6.02. The second-order valence-electron chi connectivity index (χ2n) is 6.02. The molecule has 6 nitrogen and oxygen atoms in total. The van der Waals surface area contributed by atoms with Crippen LogP contribution in [0.1, 0.15) is 24.2 Å². The molecule has 3 heterocycles. The minimum absolute atomic E-state index is 0.292. The average molecular weight is 354 g/mol. The maximum atomic E-state index is 13.3. The summed E-state index contributed by atoms with van der Waals surface area (Å²) < 4.78 is 24.6. The number of H-pyrrole nitrogens is 1. The number of nitrogens with zero attached hydrogens (tertiary/aromatic N) is 2. The van der Waals surface area contributed by atoms with E-state index in [0.717, 1.165) is 28.9 Å². The fourth-order valence-electron chi connectivity index (χ4n) is 2.92. The number of ether oxygens (including phenoxy) is 2. The Hall–Kier alpha value is -2.61. The van der Waals surface area contributed by atoms with E-state index in [2.05, 4.69) is 15.0 Å². The van der Waals surface area contributed by atoms with Crippen molar-refractivity contribution in [2.24, 2.45) is 5.73 Å². The largest absolute Gasteiger partial charge is 0.346 e. The van der Waals surface area contributed by atoms with Crippen LogP contribution in [0.5, 0.6) is 0 Å². The fraction of sp³-hybridized carbons (Fsp3) is 0.263. The van der Waals surface area contributed by atoms with Gasteiger partial charge in [0, 0.05) is 23.9 Å². The summed E-state index contributed by atoms with van der Waals surface area (Å²) in [5.74, 6) is 0.296. The number of hydrogen-bond acceptors (Lipinski definition) is 5. The lowest BCUT2D eigenvalue weighted by atomic mass is 10.1. The Morgan fingerprint density at radius 2 is 1.88 bits per heavy atom. The number of hydrogen-bond donors (Lipinski definition) is 2. The molecule has 3 aromatic rings. The van der Waals surface area contributed by atoms with Crippen LogP contribution in [0.15, 0.2) is 42.6 Å². The monoisotopic (exact) mass is 354 g/mol. The van der Waals surface area contributed by atoms with E-state index in [9.17, 15) is 4.39 Å². The lowest BCUT2D eigenvalue weighted by molar-refractivity contribution is -0.186. The van der Waals surface area contributed by atoms with Crippen molar-refractivity contribution in [3.05, 3.63) is 59.9 Å². The Morgan fingerprint density at radius 3 is 2.62 bits per heavy atom. The SMILES string of the molecule is NCc1cc(-c2[nH]c(C3OCCCO3)nc2-c2ccc(F)cc2)ccn1. The molecular formula is C19H19FN4O2. The summed E-state index contributed by atoms with van der Waals surface area (Å²) >= 11 is 0. The van der Waals surface area contributed by atoms with Gasteiger partial charge in [-0.05, 0) is 42.8 Å². The first-order chi connectivity index (χ1) is 12.7. The van der Waals surface area contributed by atoms with Crippen LogP contribution in [0.3, 0.4) is 0 Å². The van der Waals surface area contributed by atoms with E-state index in [1.807, 2.05) is 12.1 Å². The molecular weight excluding hydrogens is 335 g/mol. The highest BCUT2D eigenvalue weighted by Crippen LogP contribution is 2.33. The summed E-state index contributed by atoms with van der Waals surface area (Å²) in [6.45, 7) is 1.59. The number of halogens is 1. The fourth-order valence-corrected chi connectivity index (χ4v) is 2.92. The van der Waals surface area contributed by atoms with E-state index >= 15 is 0 Å². The normalized spacial score (nSPS) is 15.3. The van der Waals surface area contributed by atoms with E-state index in [4.69, 9.17) is 15.2 Å². The van der Waals surface area contributed by atoms with Gasteiger partial charge in [-0.15, -0.1) is 0 Å². The molecule has 26 heavy (non-hydrogen) atoms. The van der Waals surface area contributed by atoms with Gasteiger partial charge in [-0.2, -0.15) is 0 Å². The standard InChI is InChI=1S/C19H19FN4O2/c20-14-4-2-12(3-5-14)16-17(13-6-7-22-15(10-13)11-21)24-18(23-16)19-25-8-1-9-26-19/h2-7,10,19H,1,8-9,11,21H2,(H,23,24). The average Bonchev–Trinajstić information content (AvgIpc) is 3.15. The van der Waals surface area contributed by atoms with Gasteiger partial charge < -0.3 is 20.2 Å². The third-order valence-corrected chi connectivity index (χ3v) is 4.20. The minimum Gasteiger partial charge on any atom is -0.346 e. The number of aromatic amines is 1. The van der Waals surface area contributed by atoms with Crippen LogP contribution in [0.25, 0.3) is 22.5 Å². The van der Waals surface area contributed by atoms with Gasteiger partial charge in [0.2, 0.25) is 6.29 Å². The third-order valence-electron chi connectivity index (χ3n) is 4.20. The predicted molar refractivity (Wildman–Crippen MR) is 94.4 cm³/mol. The van der Waals surface area contributed by atoms with Crippen molar-refractivity contribution < 1.29 is 13.9 Å². The summed E-state index contributed by atoms with van der Waals surface area (Å²) in [6.07, 6.45) is 2.03. The third kappa shape index (κ3) is 3.37.